The molecule has 0 heterocycles. The number of halogens is 1. The minimum Gasteiger partial charge on any atom is -0.454 e. The van der Waals surface area contributed by atoms with Gasteiger partial charge in [-0.05, 0) is 12.1 Å². The van der Waals surface area contributed by atoms with Crippen molar-refractivity contribution in [3.05, 3.63) is 59.4 Å². The van der Waals surface area contributed by atoms with Crippen molar-refractivity contribution in [1.29, 1.82) is 0 Å². The Morgan fingerprint density at radius 3 is 2.28 bits per heavy atom. The zero-order chi connectivity index (χ0) is 13.0. The Kier molecular flexibility index (Phi) is 3.92. The predicted molar refractivity (Wildman–Crippen MR) is 64.8 cm³/mol. The molecule has 0 aliphatic rings. The van der Waals surface area contributed by atoms with Gasteiger partial charge in [-0.15, -0.1) is 0 Å². The lowest BCUT2D eigenvalue weighted by Gasteiger charge is -2.12. The minimum absolute atomic E-state index is 0.0131. The summed E-state index contributed by atoms with van der Waals surface area (Å²) in [6.07, 6.45) is 0. The summed E-state index contributed by atoms with van der Waals surface area (Å²) in [4.78, 5) is 0. The third-order valence-electron chi connectivity index (χ3n) is 2.57. The second-order valence-electron chi connectivity index (χ2n) is 3.75. The van der Waals surface area contributed by atoms with E-state index in [1.165, 1.54) is 12.1 Å². The van der Waals surface area contributed by atoms with Crippen LogP contribution in [-0.4, -0.2) is 10.2 Å². The van der Waals surface area contributed by atoms with Crippen LogP contribution in [0.25, 0.3) is 0 Å². The molecule has 0 unspecified atom stereocenters. The second kappa shape index (κ2) is 5.62. The van der Waals surface area contributed by atoms with Gasteiger partial charge in [0.25, 0.3) is 0 Å². The summed E-state index contributed by atoms with van der Waals surface area (Å²) in [5.74, 6) is -0.185. The maximum atomic E-state index is 13.7. The summed E-state index contributed by atoms with van der Waals surface area (Å²) in [6.45, 7) is -0.506. The van der Waals surface area contributed by atoms with Crippen LogP contribution in [0.1, 0.15) is 11.1 Å². The number of ether oxygens (including phenoxy) is 1. The molecule has 94 valence electrons. The number of hydrogen-bond donors (Lipinski definition) is 2. The van der Waals surface area contributed by atoms with Gasteiger partial charge in [0, 0.05) is 11.1 Å². The monoisotopic (exact) mass is 248 g/mol. The molecule has 2 N–H and O–H groups in total. The highest BCUT2D eigenvalue weighted by Crippen LogP contribution is 2.30. The number of rotatable bonds is 4. The predicted octanol–water partition coefficient (Wildman–Crippen LogP) is 2.60. The smallest absolute Gasteiger partial charge is 0.168 e. The summed E-state index contributed by atoms with van der Waals surface area (Å²) in [6, 6.07) is 11.2. The summed E-state index contributed by atoms with van der Waals surface area (Å²) < 4.78 is 19.1. The molecule has 2 rings (SSSR count). The highest BCUT2D eigenvalue weighted by atomic mass is 19.1. The molecule has 2 aromatic carbocycles. The molecule has 18 heavy (non-hydrogen) atoms. The Morgan fingerprint density at radius 2 is 1.56 bits per heavy atom. The van der Waals surface area contributed by atoms with Crippen LogP contribution in [0.5, 0.6) is 11.5 Å². The van der Waals surface area contributed by atoms with Gasteiger partial charge in [0.2, 0.25) is 0 Å². The number of aliphatic hydroxyl groups excluding tert-OH is 2. The van der Waals surface area contributed by atoms with Crippen LogP contribution in [0.15, 0.2) is 42.5 Å². The van der Waals surface area contributed by atoms with E-state index >= 15 is 0 Å². The molecule has 4 heteroatoms. The highest BCUT2D eigenvalue weighted by Gasteiger charge is 2.12. The number of aliphatic hydroxyl groups is 2. The average Bonchev–Trinajstić information content (AvgIpc) is 2.41. The van der Waals surface area contributed by atoms with Crippen LogP contribution in [0.2, 0.25) is 0 Å². The molecule has 0 aromatic heterocycles. The van der Waals surface area contributed by atoms with E-state index in [0.29, 0.717) is 16.9 Å². The minimum atomic E-state index is -0.547. The highest BCUT2D eigenvalue weighted by molar-refractivity contribution is 5.41. The van der Waals surface area contributed by atoms with E-state index in [2.05, 4.69) is 0 Å². The molecule has 0 aliphatic heterocycles. The van der Waals surface area contributed by atoms with Gasteiger partial charge in [0.05, 0.1) is 13.2 Å². The first-order valence-electron chi connectivity index (χ1n) is 5.51. The standard InChI is InChI=1S/C14H13FO3/c15-12-6-3-5-11(9-17)14(12)18-13-7-2-1-4-10(13)8-16/h1-7,16-17H,8-9H2. The molecular weight excluding hydrogens is 235 g/mol. The lowest BCUT2D eigenvalue weighted by atomic mass is 10.2. The van der Waals surface area contributed by atoms with Crippen molar-refractivity contribution in [2.24, 2.45) is 0 Å². The van der Waals surface area contributed by atoms with Crippen molar-refractivity contribution in [2.45, 2.75) is 13.2 Å². The van der Waals surface area contributed by atoms with Crippen LogP contribution in [0.4, 0.5) is 4.39 Å². The summed E-state index contributed by atoms with van der Waals surface area (Å²) in [7, 11) is 0. The van der Waals surface area contributed by atoms with Gasteiger partial charge >= 0.3 is 0 Å². The van der Waals surface area contributed by atoms with Crippen molar-refractivity contribution in [3.63, 3.8) is 0 Å². The van der Waals surface area contributed by atoms with Crippen molar-refractivity contribution in [1.82, 2.24) is 0 Å². The fourth-order valence-electron chi connectivity index (χ4n) is 1.64. The van der Waals surface area contributed by atoms with Crippen molar-refractivity contribution in [3.8, 4) is 11.5 Å². The lowest BCUT2D eigenvalue weighted by Crippen LogP contribution is -1.97. The summed E-state index contributed by atoms with van der Waals surface area (Å²) in [5.41, 5.74) is 0.924. The van der Waals surface area contributed by atoms with Crippen LogP contribution in [-0.2, 0) is 13.2 Å². The summed E-state index contributed by atoms with van der Waals surface area (Å²) >= 11 is 0. The van der Waals surface area contributed by atoms with E-state index < -0.39 is 5.82 Å². The molecule has 0 aliphatic carbocycles. The quantitative estimate of drug-likeness (QED) is 0.874. The fraction of sp³-hybridized carbons (Fsp3) is 0.143. The Morgan fingerprint density at radius 1 is 0.889 bits per heavy atom. The topological polar surface area (TPSA) is 49.7 Å². The normalized spacial score (nSPS) is 10.4. The van der Waals surface area contributed by atoms with E-state index in [9.17, 15) is 4.39 Å². The summed E-state index contributed by atoms with van der Waals surface area (Å²) in [5, 5.41) is 18.3. The van der Waals surface area contributed by atoms with E-state index in [1.54, 1.807) is 30.3 Å². The third kappa shape index (κ3) is 2.50. The first-order chi connectivity index (χ1) is 8.76. The van der Waals surface area contributed by atoms with E-state index in [-0.39, 0.29) is 19.0 Å². The largest absolute Gasteiger partial charge is 0.454 e. The molecule has 3 nitrogen and oxygen atoms in total. The first kappa shape index (κ1) is 12.5. The maximum absolute atomic E-state index is 13.7. The molecule has 0 spiro atoms. The first-order valence-corrected chi connectivity index (χ1v) is 5.51. The van der Waals surface area contributed by atoms with Gasteiger partial charge in [0.1, 0.15) is 5.75 Å². The van der Waals surface area contributed by atoms with Crippen molar-refractivity contribution >= 4 is 0 Å². The zero-order valence-electron chi connectivity index (χ0n) is 9.64. The van der Waals surface area contributed by atoms with Gasteiger partial charge < -0.3 is 14.9 Å². The van der Waals surface area contributed by atoms with Crippen molar-refractivity contribution < 1.29 is 19.3 Å². The lowest BCUT2D eigenvalue weighted by molar-refractivity contribution is 0.268. The Bertz CT molecular complexity index is 540. The fourth-order valence-corrected chi connectivity index (χ4v) is 1.64. The number of para-hydroxylation sites is 2. The Balaban J connectivity index is 2.39. The molecular formula is C14H13FO3. The molecule has 0 radical (unpaired) electrons. The van der Waals surface area contributed by atoms with E-state index in [1.807, 2.05) is 0 Å². The molecule has 2 aromatic rings. The molecule has 0 saturated carbocycles. The molecule has 0 fully saturated rings. The maximum Gasteiger partial charge on any atom is 0.168 e. The average molecular weight is 248 g/mol. The zero-order valence-corrected chi connectivity index (χ0v) is 9.64. The van der Waals surface area contributed by atoms with Crippen LogP contribution >= 0.6 is 0 Å². The molecule has 0 amide bonds. The van der Waals surface area contributed by atoms with E-state index in [0.717, 1.165) is 0 Å². The molecule has 0 atom stereocenters. The van der Waals surface area contributed by atoms with Gasteiger partial charge in [-0.3, -0.25) is 0 Å². The van der Waals surface area contributed by atoms with E-state index in [4.69, 9.17) is 14.9 Å². The Labute approximate surface area is 104 Å². The SMILES string of the molecule is OCc1ccccc1Oc1c(F)cccc1CO. The van der Waals surface area contributed by atoms with Gasteiger partial charge in [-0.25, -0.2) is 4.39 Å². The number of benzene rings is 2. The van der Waals surface area contributed by atoms with Gasteiger partial charge in [0.15, 0.2) is 11.6 Å². The number of hydrogen-bond acceptors (Lipinski definition) is 3. The second-order valence-corrected chi connectivity index (χ2v) is 3.75. The van der Waals surface area contributed by atoms with Crippen LogP contribution in [0.3, 0.4) is 0 Å². The molecule has 0 bridgehead atoms. The molecule has 0 saturated heterocycles. The van der Waals surface area contributed by atoms with Crippen LogP contribution < -0.4 is 4.74 Å². The van der Waals surface area contributed by atoms with Crippen LogP contribution in [0, 0.1) is 5.82 Å². The van der Waals surface area contributed by atoms with Crippen molar-refractivity contribution in [2.75, 3.05) is 0 Å². The Hall–Kier alpha value is -1.91. The third-order valence-corrected chi connectivity index (χ3v) is 2.57. The van der Waals surface area contributed by atoms with Gasteiger partial charge in [-0.1, -0.05) is 30.3 Å². The van der Waals surface area contributed by atoms with Gasteiger partial charge in [-0.2, -0.15) is 0 Å².